The van der Waals surface area contributed by atoms with Crippen LogP contribution in [0.4, 0.5) is 5.13 Å². The van der Waals surface area contributed by atoms with E-state index < -0.39 is 0 Å². The van der Waals surface area contributed by atoms with Crippen LogP contribution in [0.5, 0.6) is 5.88 Å². The number of thioether (sulfide) groups is 1. The van der Waals surface area contributed by atoms with Crippen LogP contribution in [0.15, 0.2) is 24.4 Å². The van der Waals surface area contributed by atoms with E-state index in [0.29, 0.717) is 4.75 Å². The van der Waals surface area contributed by atoms with Gasteiger partial charge in [0.25, 0.3) is 0 Å². The fraction of sp³-hybridized carbons (Fsp3) is 0.500. The van der Waals surface area contributed by atoms with Crippen molar-refractivity contribution >= 4 is 28.2 Å². The van der Waals surface area contributed by atoms with Crippen molar-refractivity contribution in [1.29, 1.82) is 0 Å². The first-order valence-electron chi connectivity index (χ1n) is 6.99. The second kappa shape index (κ2) is 5.14. The highest BCUT2D eigenvalue weighted by Crippen LogP contribution is 2.47. The zero-order chi connectivity index (χ0) is 14.3. The van der Waals surface area contributed by atoms with Gasteiger partial charge in [0.2, 0.25) is 11.0 Å². The second-order valence-electron chi connectivity index (χ2n) is 5.57. The van der Waals surface area contributed by atoms with Gasteiger partial charge < -0.3 is 9.64 Å². The first kappa shape index (κ1) is 13.3. The molecule has 0 aliphatic carbocycles. The van der Waals surface area contributed by atoms with E-state index in [9.17, 15) is 0 Å². The fourth-order valence-electron chi connectivity index (χ4n) is 2.88. The van der Waals surface area contributed by atoms with Crippen LogP contribution in [-0.2, 0) is 0 Å². The lowest BCUT2D eigenvalue weighted by atomic mass is 9.93. The molecule has 5 nitrogen and oxygen atoms in total. The molecule has 4 heterocycles. The molecule has 2 aliphatic rings. The summed E-state index contributed by atoms with van der Waals surface area (Å²) in [6.45, 7) is 4.10. The Morgan fingerprint density at radius 2 is 2.24 bits per heavy atom. The van der Waals surface area contributed by atoms with Gasteiger partial charge in [0, 0.05) is 37.5 Å². The Morgan fingerprint density at radius 1 is 1.33 bits per heavy atom. The summed E-state index contributed by atoms with van der Waals surface area (Å²) in [6, 6.07) is 5.79. The third-order valence-corrected chi connectivity index (χ3v) is 6.32. The molecule has 2 aromatic heterocycles. The van der Waals surface area contributed by atoms with E-state index >= 15 is 0 Å². The van der Waals surface area contributed by atoms with Crippen LogP contribution in [-0.4, -0.2) is 44.9 Å². The van der Waals surface area contributed by atoms with Gasteiger partial charge in [-0.1, -0.05) is 17.4 Å². The largest absolute Gasteiger partial charge is 0.473 e. The Kier molecular flexibility index (Phi) is 3.26. The minimum Gasteiger partial charge on any atom is -0.473 e. The van der Waals surface area contributed by atoms with Crippen LogP contribution in [0, 0.1) is 6.92 Å². The predicted octanol–water partition coefficient (Wildman–Crippen LogP) is 2.38. The summed E-state index contributed by atoms with van der Waals surface area (Å²) in [5, 5.41) is 10.4. The van der Waals surface area contributed by atoms with Crippen molar-refractivity contribution in [2.75, 3.05) is 23.7 Å². The predicted molar refractivity (Wildman–Crippen MR) is 85.3 cm³/mol. The lowest BCUT2D eigenvalue weighted by Gasteiger charge is -2.47. The maximum atomic E-state index is 5.98. The molecule has 1 unspecified atom stereocenters. The number of anilines is 1. The smallest absolute Gasteiger partial charge is 0.213 e. The molecule has 4 rings (SSSR count). The van der Waals surface area contributed by atoms with Gasteiger partial charge in [0.1, 0.15) is 11.1 Å². The molecule has 0 radical (unpaired) electrons. The van der Waals surface area contributed by atoms with E-state index in [1.807, 2.05) is 36.9 Å². The van der Waals surface area contributed by atoms with Gasteiger partial charge in [-0.25, -0.2) is 4.98 Å². The van der Waals surface area contributed by atoms with Crippen LogP contribution in [0.3, 0.4) is 0 Å². The molecular formula is C14H16N4OS2. The molecule has 21 heavy (non-hydrogen) atoms. The van der Waals surface area contributed by atoms with Crippen LogP contribution in [0.1, 0.15) is 11.4 Å². The number of pyridine rings is 1. The van der Waals surface area contributed by atoms with Crippen LogP contribution in [0.25, 0.3) is 0 Å². The average molecular weight is 320 g/mol. The van der Waals surface area contributed by atoms with Gasteiger partial charge >= 0.3 is 0 Å². The third-order valence-electron chi connectivity index (χ3n) is 3.84. The van der Waals surface area contributed by atoms with Crippen molar-refractivity contribution in [3.8, 4) is 5.88 Å². The summed E-state index contributed by atoms with van der Waals surface area (Å²) in [6.07, 6.45) is 3.13. The minimum atomic E-state index is 0.267. The zero-order valence-corrected chi connectivity index (χ0v) is 13.4. The summed E-state index contributed by atoms with van der Waals surface area (Å²) in [5.41, 5.74) is 0. The topological polar surface area (TPSA) is 51.1 Å². The van der Waals surface area contributed by atoms with Crippen molar-refractivity contribution in [2.24, 2.45) is 0 Å². The summed E-state index contributed by atoms with van der Waals surface area (Å²) in [5.74, 6) is 1.77. The fourth-order valence-corrected chi connectivity index (χ4v) is 5.09. The molecule has 110 valence electrons. The summed E-state index contributed by atoms with van der Waals surface area (Å²) in [7, 11) is 0. The number of aromatic nitrogens is 3. The SMILES string of the molecule is Cc1nnc(N2CC3(CC(Oc4ccccn4)CS3)C2)s1. The van der Waals surface area contributed by atoms with Crippen molar-refractivity contribution in [3.05, 3.63) is 29.4 Å². The van der Waals surface area contributed by atoms with Crippen LogP contribution >= 0.6 is 23.1 Å². The normalized spacial score (nSPS) is 23.3. The van der Waals surface area contributed by atoms with Crippen molar-refractivity contribution in [1.82, 2.24) is 15.2 Å². The third kappa shape index (κ3) is 2.60. The Bertz CT molecular complexity index is 627. The lowest BCUT2D eigenvalue weighted by Crippen LogP contribution is -2.59. The lowest BCUT2D eigenvalue weighted by molar-refractivity contribution is 0.194. The maximum absolute atomic E-state index is 5.98. The Labute approximate surface area is 131 Å². The summed E-state index contributed by atoms with van der Waals surface area (Å²) in [4.78, 5) is 6.56. The van der Waals surface area contributed by atoms with Crippen molar-refractivity contribution in [2.45, 2.75) is 24.2 Å². The highest BCUT2D eigenvalue weighted by molar-refractivity contribution is 8.01. The van der Waals surface area contributed by atoms with Crippen LogP contribution < -0.4 is 9.64 Å². The highest BCUT2D eigenvalue weighted by Gasteiger charge is 2.50. The minimum absolute atomic E-state index is 0.267. The first-order chi connectivity index (χ1) is 10.2. The molecule has 2 saturated heterocycles. The van der Waals surface area contributed by atoms with Gasteiger partial charge in [0.15, 0.2) is 0 Å². The molecule has 0 aromatic carbocycles. The first-order valence-corrected chi connectivity index (χ1v) is 8.79. The van der Waals surface area contributed by atoms with E-state index in [4.69, 9.17) is 4.74 Å². The molecule has 7 heteroatoms. The summed E-state index contributed by atoms with van der Waals surface area (Å²) < 4.78 is 6.31. The highest BCUT2D eigenvalue weighted by atomic mass is 32.2. The van der Waals surface area contributed by atoms with E-state index in [1.54, 1.807) is 17.5 Å². The molecular weight excluding hydrogens is 304 g/mol. The maximum Gasteiger partial charge on any atom is 0.213 e. The Morgan fingerprint density at radius 3 is 2.95 bits per heavy atom. The molecule has 1 spiro atoms. The van der Waals surface area contributed by atoms with Crippen molar-refractivity contribution in [3.63, 3.8) is 0 Å². The average Bonchev–Trinajstić information content (AvgIpc) is 3.05. The zero-order valence-electron chi connectivity index (χ0n) is 11.7. The Hall–Kier alpha value is -1.34. The molecule has 2 fully saturated rings. The summed E-state index contributed by atoms with van der Waals surface area (Å²) >= 11 is 3.70. The van der Waals surface area contributed by atoms with E-state index in [2.05, 4.69) is 20.1 Å². The number of aryl methyl sites for hydroxylation is 1. The second-order valence-corrected chi connectivity index (χ2v) is 8.21. The van der Waals surface area contributed by atoms with Gasteiger partial charge in [-0.3, -0.25) is 0 Å². The van der Waals surface area contributed by atoms with Gasteiger partial charge in [0.05, 0.1) is 4.75 Å². The van der Waals surface area contributed by atoms with Crippen LogP contribution in [0.2, 0.25) is 0 Å². The molecule has 2 aromatic rings. The molecule has 0 saturated carbocycles. The van der Waals surface area contributed by atoms with E-state index in [0.717, 1.165) is 41.3 Å². The van der Waals surface area contributed by atoms with E-state index in [-0.39, 0.29) is 6.10 Å². The monoisotopic (exact) mass is 320 g/mol. The number of hydrogen-bond donors (Lipinski definition) is 0. The van der Waals surface area contributed by atoms with Gasteiger partial charge in [-0.15, -0.1) is 22.0 Å². The van der Waals surface area contributed by atoms with Gasteiger partial charge in [-0.05, 0) is 13.0 Å². The van der Waals surface area contributed by atoms with Gasteiger partial charge in [-0.2, -0.15) is 0 Å². The standard InChI is InChI=1S/C14H16N4OS2/c1-10-16-17-13(21-10)18-8-14(9-18)6-11(7-20-14)19-12-4-2-3-5-15-12/h2-5,11H,6-9H2,1H3. The molecule has 0 bridgehead atoms. The Balaban J connectivity index is 1.35. The van der Waals surface area contributed by atoms with E-state index in [1.165, 1.54) is 0 Å². The molecule has 0 N–H and O–H groups in total. The quantitative estimate of drug-likeness (QED) is 0.865. The molecule has 1 atom stereocenters. The molecule has 2 aliphatic heterocycles. The number of rotatable bonds is 3. The number of hydrogen-bond acceptors (Lipinski definition) is 7. The molecule has 0 amide bonds. The van der Waals surface area contributed by atoms with Crippen molar-refractivity contribution < 1.29 is 4.74 Å². The number of ether oxygens (including phenoxy) is 1. The number of nitrogens with zero attached hydrogens (tertiary/aromatic N) is 4.